The molecule has 0 heterocycles. The van der Waals surface area contributed by atoms with Crippen molar-refractivity contribution in [1.29, 1.82) is 0 Å². The molecular weight excluding hydrogens is 310 g/mol. The lowest BCUT2D eigenvalue weighted by Gasteiger charge is -2.18. The van der Waals surface area contributed by atoms with E-state index in [1.165, 1.54) is 26.1 Å². The fraction of sp³-hybridized carbons (Fsp3) is 0.462. The van der Waals surface area contributed by atoms with Crippen LogP contribution in [0.1, 0.15) is 18.4 Å². The van der Waals surface area contributed by atoms with Crippen LogP contribution in [0, 0.1) is 17.0 Å². The number of sulfonamides is 1. The molecule has 1 saturated carbocycles. The molecule has 9 heteroatoms. The number of aryl methyl sites for hydroxylation is 1. The molecule has 1 aliphatic carbocycles. The minimum Gasteiger partial charge on any atom is -0.352 e. The number of nitro benzene ring substituents is 1. The Morgan fingerprint density at radius 3 is 2.64 bits per heavy atom. The van der Waals surface area contributed by atoms with Crippen LogP contribution in [0.4, 0.5) is 5.69 Å². The number of carbonyl (C=O) groups excluding carboxylic acids is 1. The number of amides is 1. The third-order valence-corrected chi connectivity index (χ3v) is 5.36. The molecule has 0 atom stereocenters. The average Bonchev–Trinajstić information content (AvgIpc) is 3.21. The fourth-order valence-electron chi connectivity index (χ4n) is 2.06. The lowest BCUT2D eigenvalue weighted by molar-refractivity contribution is -0.387. The number of nitro groups is 1. The summed E-state index contributed by atoms with van der Waals surface area (Å²) in [5, 5.41) is 13.7. The van der Waals surface area contributed by atoms with E-state index in [2.05, 4.69) is 5.32 Å². The Labute approximate surface area is 128 Å². The third kappa shape index (κ3) is 3.42. The maximum atomic E-state index is 12.6. The van der Waals surface area contributed by atoms with Gasteiger partial charge in [-0.05, 0) is 25.3 Å². The summed E-state index contributed by atoms with van der Waals surface area (Å²) in [4.78, 5) is 21.7. The summed E-state index contributed by atoms with van der Waals surface area (Å²) in [6.07, 6.45) is 1.79. The quantitative estimate of drug-likeness (QED) is 0.614. The maximum Gasteiger partial charge on any atom is 0.289 e. The van der Waals surface area contributed by atoms with Crippen molar-refractivity contribution in [3.05, 3.63) is 33.9 Å². The molecule has 1 aromatic carbocycles. The highest BCUT2D eigenvalue weighted by atomic mass is 32.2. The van der Waals surface area contributed by atoms with E-state index in [-0.39, 0.29) is 23.0 Å². The Balaban J connectivity index is 2.29. The topological polar surface area (TPSA) is 110 Å². The van der Waals surface area contributed by atoms with E-state index < -0.39 is 26.5 Å². The highest BCUT2D eigenvalue weighted by molar-refractivity contribution is 7.89. The molecule has 0 saturated heterocycles. The molecule has 22 heavy (non-hydrogen) atoms. The molecule has 0 unspecified atom stereocenters. The Kier molecular flexibility index (Phi) is 4.47. The number of likely N-dealkylation sites (N-methyl/N-ethyl adjacent to an activating group) is 1. The smallest absolute Gasteiger partial charge is 0.289 e. The van der Waals surface area contributed by atoms with Gasteiger partial charge in [0.15, 0.2) is 4.90 Å². The molecule has 0 bridgehead atoms. The monoisotopic (exact) mass is 327 g/mol. The van der Waals surface area contributed by atoms with Gasteiger partial charge in [0.25, 0.3) is 5.69 Å². The second-order valence-corrected chi connectivity index (χ2v) is 7.26. The number of hydrogen-bond acceptors (Lipinski definition) is 5. The predicted octanol–water partition coefficient (Wildman–Crippen LogP) is 0.802. The van der Waals surface area contributed by atoms with Gasteiger partial charge in [0.2, 0.25) is 15.9 Å². The van der Waals surface area contributed by atoms with Crippen molar-refractivity contribution in [3.8, 4) is 0 Å². The third-order valence-electron chi connectivity index (χ3n) is 3.36. The Hall–Kier alpha value is -2.00. The van der Waals surface area contributed by atoms with Crippen molar-refractivity contribution in [2.24, 2.45) is 0 Å². The number of carbonyl (C=O) groups is 1. The molecular formula is C13H17N3O5S. The number of nitrogens with zero attached hydrogens (tertiary/aromatic N) is 2. The molecule has 2 rings (SSSR count). The summed E-state index contributed by atoms with van der Waals surface area (Å²) in [6.45, 7) is 1.11. The Bertz CT molecular complexity index is 712. The molecule has 1 aliphatic rings. The first kappa shape index (κ1) is 16.4. The van der Waals surface area contributed by atoms with Gasteiger partial charge < -0.3 is 5.32 Å². The van der Waals surface area contributed by atoms with E-state index in [4.69, 9.17) is 0 Å². The molecule has 120 valence electrons. The van der Waals surface area contributed by atoms with Gasteiger partial charge in [-0.15, -0.1) is 0 Å². The van der Waals surface area contributed by atoms with E-state index in [1.54, 1.807) is 0 Å². The highest BCUT2D eigenvalue weighted by Gasteiger charge is 2.33. The molecule has 0 aliphatic heterocycles. The summed E-state index contributed by atoms with van der Waals surface area (Å²) in [6, 6.07) is 4.17. The van der Waals surface area contributed by atoms with Gasteiger partial charge in [-0.1, -0.05) is 12.1 Å². The van der Waals surface area contributed by atoms with Crippen LogP contribution in [0.3, 0.4) is 0 Å². The zero-order valence-corrected chi connectivity index (χ0v) is 13.1. The van der Waals surface area contributed by atoms with Gasteiger partial charge in [-0.2, -0.15) is 4.31 Å². The zero-order chi connectivity index (χ0) is 16.5. The van der Waals surface area contributed by atoms with Crippen LogP contribution in [0.25, 0.3) is 0 Å². The summed E-state index contributed by atoms with van der Waals surface area (Å²) in [5.41, 5.74) is -0.224. The van der Waals surface area contributed by atoms with Crippen molar-refractivity contribution >= 4 is 21.6 Å². The van der Waals surface area contributed by atoms with Gasteiger partial charge in [0, 0.05) is 19.2 Å². The number of benzene rings is 1. The SMILES string of the molecule is Cc1cccc([N+](=O)[O-])c1S(=O)(=O)N(C)CC(=O)NC1CC1. The van der Waals surface area contributed by atoms with Crippen molar-refractivity contribution in [3.63, 3.8) is 0 Å². The Morgan fingerprint density at radius 2 is 2.09 bits per heavy atom. The van der Waals surface area contributed by atoms with Crippen molar-refractivity contribution in [2.75, 3.05) is 13.6 Å². The van der Waals surface area contributed by atoms with E-state index in [9.17, 15) is 23.3 Å². The minimum absolute atomic E-state index is 0.122. The zero-order valence-electron chi connectivity index (χ0n) is 12.3. The lowest BCUT2D eigenvalue weighted by Crippen LogP contribution is -2.39. The van der Waals surface area contributed by atoms with Crippen LogP contribution in [0.15, 0.2) is 23.1 Å². The van der Waals surface area contributed by atoms with Crippen LogP contribution < -0.4 is 5.32 Å². The number of hydrogen-bond donors (Lipinski definition) is 1. The standard InChI is InChI=1S/C13H17N3O5S/c1-9-4-3-5-11(16(18)19)13(9)22(20,21)15(2)8-12(17)14-10-6-7-10/h3-5,10H,6-8H2,1-2H3,(H,14,17). The predicted molar refractivity (Wildman–Crippen MR) is 78.8 cm³/mol. The summed E-state index contributed by atoms with van der Waals surface area (Å²) >= 11 is 0. The summed E-state index contributed by atoms with van der Waals surface area (Å²) < 4.78 is 25.9. The van der Waals surface area contributed by atoms with Crippen LogP contribution in [-0.4, -0.2) is 43.2 Å². The average molecular weight is 327 g/mol. The maximum absolute atomic E-state index is 12.6. The first-order valence-corrected chi connectivity index (χ1v) is 8.17. The first-order valence-electron chi connectivity index (χ1n) is 6.73. The molecule has 0 spiro atoms. The summed E-state index contributed by atoms with van der Waals surface area (Å²) in [7, 11) is -2.89. The second-order valence-electron chi connectivity index (χ2n) is 5.28. The highest BCUT2D eigenvalue weighted by Crippen LogP contribution is 2.29. The molecule has 8 nitrogen and oxygen atoms in total. The normalized spacial score (nSPS) is 14.9. The molecule has 0 aromatic heterocycles. The van der Waals surface area contributed by atoms with Gasteiger partial charge in [-0.25, -0.2) is 8.42 Å². The first-order chi connectivity index (χ1) is 10.2. The molecule has 1 aromatic rings. The van der Waals surface area contributed by atoms with Crippen LogP contribution >= 0.6 is 0 Å². The van der Waals surface area contributed by atoms with Crippen molar-refractivity contribution in [1.82, 2.24) is 9.62 Å². The molecule has 0 radical (unpaired) electrons. The van der Waals surface area contributed by atoms with E-state index in [1.807, 2.05) is 0 Å². The van der Waals surface area contributed by atoms with Crippen LogP contribution in [0.2, 0.25) is 0 Å². The van der Waals surface area contributed by atoms with Crippen molar-refractivity contribution in [2.45, 2.75) is 30.7 Å². The van der Waals surface area contributed by atoms with E-state index >= 15 is 0 Å². The van der Waals surface area contributed by atoms with E-state index in [0.717, 1.165) is 23.2 Å². The summed E-state index contributed by atoms with van der Waals surface area (Å²) in [5.74, 6) is -0.412. The van der Waals surface area contributed by atoms with Gasteiger partial charge >= 0.3 is 0 Å². The van der Waals surface area contributed by atoms with Crippen LogP contribution in [-0.2, 0) is 14.8 Å². The molecule has 1 N–H and O–H groups in total. The number of nitrogens with one attached hydrogen (secondary N) is 1. The van der Waals surface area contributed by atoms with Gasteiger partial charge in [0.1, 0.15) is 0 Å². The lowest BCUT2D eigenvalue weighted by atomic mass is 10.2. The van der Waals surface area contributed by atoms with E-state index in [0.29, 0.717) is 0 Å². The number of rotatable bonds is 6. The van der Waals surface area contributed by atoms with Crippen LogP contribution in [0.5, 0.6) is 0 Å². The largest absolute Gasteiger partial charge is 0.352 e. The van der Waals surface area contributed by atoms with Gasteiger partial charge in [-0.3, -0.25) is 14.9 Å². The van der Waals surface area contributed by atoms with Crippen molar-refractivity contribution < 1.29 is 18.1 Å². The Morgan fingerprint density at radius 1 is 1.45 bits per heavy atom. The minimum atomic E-state index is -4.12. The van der Waals surface area contributed by atoms with Gasteiger partial charge in [0.05, 0.1) is 11.5 Å². The second kappa shape index (κ2) is 6.01. The molecule has 1 fully saturated rings. The fourth-order valence-corrected chi connectivity index (χ4v) is 3.54. The molecule has 1 amide bonds.